The van der Waals surface area contributed by atoms with E-state index in [0.29, 0.717) is 0 Å². The third kappa shape index (κ3) is 18.0. The summed E-state index contributed by atoms with van der Waals surface area (Å²) in [5, 5.41) is 269. The maximum Gasteiger partial charge on any atom is 0.217 e. The summed E-state index contributed by atoms with van der Waals surface area (Å²) < 4.78 is 102. The SMILES string of the molecule is CC(=O)N[C@H]1[C@H](OC[C@H]2O[C@@H](O[C@H]3[C@H](O)[C@@H](O)[C@H](O)O[C@@H]3CO)[C@H](O)[C@@H](O[C@@H]3O[C@H](CO)[C@@H](O[C@@H]4O[C@H](CO)[C@H](O)[C@H](O)[C@H]4O[C@@H]4O[C@@H](C)[C@@H](O)[C@@H](O)[C@@H]4O)[C@H](O[C@@H]4O[C@@H](C)[C@@H](O)[C@@H](O)[C@@H]4O)[C@H]3NC(C)=O)[C@H]2O)O[C@H](CO)[C@@H](O[C@@H]2O[C@H](CO)[C@H](O)[C@H](O)[C@H]2O)[C@@H]1O[C@@H]1O[C@@H](C)[C@@H](O)[C@@H](O)[C@@H]1O. The molecule has 45 atom stereocenters. The zero-order valence-corrected chi connectivity index (χ0v) is 55.7. The molecular formula is C58H98N2O43. The fraction of sp³-hybridized carbons (Fsp3) is 0.966. The van der Waals surface area contributed by atoms with E-state index < -0.39 is 328 Å². The summed E-state index contributed by atoms with van der Waals surface area (Å²) >= 11 is 0. The van der Waals surface area contributed by atoms with Gasteiger partial charge in [-0.05, 0) is 20.8 Å². The Hall–Kier alpha value is -2.70. The van der Waals surface area contributed by atoms with Crippen LogP contribution in [-0.4, -0.2) is 450 Å². The van der Waals surface area contributed by atoms with Crippen molar-refractivity contribution in [3.63, 3.8) is 0 Å². The van der Waals surface area contributed by atoms with Gasteiger partial charge in [0.15, 0.2) is 56.6 Å². The number of rotatable bonds is 24. The van der Waals surface area contributed by atoms with Crippen LogP contribution in [0.15, 0.2) is 0 Å². The van der Waals surface area contributed by atoms with Crippen molar-refractivity contribution in [3.8, 4) is 0 Å². The van der Waals surface area contributed by atoms with E-state index in [1.807, 2.05) is 0 Å². The molecule has 598 valence electrons. The molecule has 9 heterocycles. The second-order valence-corrected chi connectivity index (χ2v) is 26.6. The lowest BCUT2D eigenvalue weighted by molar-refractivity contribution is -0.402. The molecule has 26 N–H and O–H groups in total. The van der Waals surface area contributed by atoms with E-state index in [4.69, 9.17) is 80.5 Å². The summed E-state index contributed by atoms with van der Waals surface area (Å²) in [6.45, 7) is -0.946. The highest BCUT2D eigenvalue weighted by Crippen LogP contribution is 2.41. The summed E-state index contributed by atoms with van der Waals surface area (Å²) in [6, 6.07) is -3.94. The molecule has 0 aromatic carbocycles. The molecule has 9 aliphatic rings. The van der Waals surface area contributed by atoms with Crippen LogP contribution >= 0.6 is 0 Å². The Morgan fingerprint density at radius 1 is 0.272 bits per heavy atom. The molecule has 0 spiro atoms. The molecule has 2 amide bonds. The van der Waals surface area contributed by atoms with Crippen LogP contribution in [0, 0.1) is 0 Å². The maximum absolute atomic E-state index is 13.6. The highest BCUT2D eigenvalue weighted by molar-refractivity contribution is 5.73. The van der Waals surface area contributed by atoms with E-state index in [2.05, 4.69) is 10.6 Å². The largest absolute Gasteiger partial charge is 0.394 e. The molecule has 9 aliphatic heterocycles. The lowest BCUT2D eigenvalue weighted by Gasteiger charge is -2.52. The van der Waals surface area contributed by atoms with Crippen molar-refractivity contribution in [2.75, 3.05) is 39.6 Å². The second kappa shape index (κ2) is 36.0. The molecule has 9 rings (SSSR count). The van der Waals surface area contributed by atoms with Crippen LogP contribution in [0.2, 0.25) is 0 Å². The standard InChI is InChI=1S/C58H98N2O43/c1-12-25(68)31(74)38(81)53(88-12)100-46-23(59-15(4)66)51(94-20(9-64)44(46)98-56-41(84)34(77)28(71)17(6-61)92-56)87-11-22-30(73)48(42(85)57(96-22)97-43-19(8-63)91-50(86)37(80)36(43)79)102-52-24(60-16(5)67)47(101-54-39(82)32(75)26(69)13(2)89-54)45(21(10-65)95-52)99-58-49(35(78)29(72)18(7-62)93-58)103-55-40(83)33(76)27(70)14(3)90-55/h12-14,17-58,61-65,68-86H,6-11H2,1-5H3,(H,59,66)(H,60,67)/t12-,13-,14-,17+,18+,19+,20+,21+,22+,23+,24+,25+,26+,27+,28-,29-,30-,31+,32+,33+,34-,35-,36+,37+,38-,39-,40-,41+,42+,43+,44+,45+,46+,47+,48-,49+,50+,51+,52-,53-,54-,55-,56-,57-,58-/m0/s1. The van der Waals surface area contributed by atoms with Gasteiger partial charge < -0.3 is 214 Å². The topological polar surface area (TPSA) is 701 Å². The Balaban J connectivity index is 1.09. The van der Waals surface area contributed by atoms with E-state index in [-0.39, 0.29) is 0 Å². The molecular weight excluding hydrogens is 1410 g/mol. The zero-order chi connectivity index (χ0) is 75.8. The van der Waals surface area contributed by atoms with Gasteiger partial charge in [-0.2, -0.15) is 0 Å². The molecule has 9 saturated heterocycles. The van der Waals surface area contributed by atoms with Crippen molar-refractivity contribution in [1.82, 2.24) is 10.6 Å². The van der Waals surface area contributed by atoms with E-state index in [1.54, 1.807) is 0 Å². The van der Waals surface area contributed by atoms with Crippen molar-refractivity contribution < 1.29 is 213 Å². The summed E-state index contributed by atoms with van der Waals surface area (Å²) in [6.07, 6.45) is -86.1. The van der Waals surface area contributed by atoms with Crippen LogP contribution in [0.5, 0.6) is 0 Å². The predicted octanol–water partition coefficient (Wildman–Crippen LogP) is -17.3. The first-order valence-corrected chi connectivity index (χ1v) is 33.2. The smallest absolute Gasteiger partial charge is 0.217 e. The number of aliphatic hydroxyl groups excluding tert-OH is 24. The summed E-state index contributed by atoms with van der Waals surface area (Å²) in [4.78, 5) is 26.9. The van der Waals surface area contributed by atoms with Crippen LogP contribution in [-0.2, 0) is 90.1 Å². The van der Waals surface area contributed by atoms with Crippen LogP contribution in [0.3, 0.4) is 0 Å². The molecule has 0 aliphatic carbocycles. The molecule has 0 radical (unpaired) electrons. The van der Waals surface area contributed by atoms with Gasteiger partial charge in [-0.15, -0.1) is 0 Å². The fourth-order valence-corrected chi connectivity index (χ4v) is 13.5. The minimum atomic E-state index is -2.48. The maximum atomic E-state index is 13.6. The third-order valence-corrected chi connectivity index (χ3v) is 19.4. The lowest BCUT2D eigenvalue weighted by Crippen LogP contribution is -2.71. The quantitative estimate of drug-likeness (QED) is 0.0427. The molecule has 103 heavy (non-hydrogen) atoms. The van der Waals surface area contributed by atoms with E-state index >= 15 is 0 Å². The number of carbonyl (C=O) groups excluding carboxylic acids is 2. The first-order valence-electron chi connectivity index (χ1n) is 33.2. The van der Waals surface area contributed by atoms with Gasteiger partial charge in [0.2, 0.25) is 11.8 Å². The summed E-state index contributed by atoms with van der Waals surface area (Å²) in [5.41, 5.74) is 0. The first kappa shape index (κ1) is 84.3. The molecule has 0 aromatic rings. The minimum absolute atomic E-state index is 0.923. The highest BCUT2D eigenvalue weighted by Gasteiger charge is 2.61. The second-order valence-electron chi connectivity index (χ2n) is 26.6. The Morgan fingerprint density at radius 3 is 1.03 bits per heavy atom. The number of hydrogen-bond acceptors (Lipinski definition) is 43. The van der Waals surface area contributed by atoms with Gasteiger partial charge in [-0.3, -0.25) is 9.59 Å². The van der Waals surface area contributed by atoms with Gasteiger partial charge in [0.25, 0.3) is 0 Å². The highest BCUT2D eigenvalue weighted by atomic mass is 16.8. The average Bonchev–Trinajstić information content (AvgIpc) is 0.763. The van der Waals surface area contributed by atoms with E-state index in [9.17, 15) is 132 Å². The van der Waals surface area contributed by atoms with Crippen LogP contribution in [0.25, 0.3) is 0 Å². The molecule has 9 fully saturated rings. The number of nitrogens with one attached hydrogen (secondary N) is 2. The Labute approximate surface area is 584 Å². The van der Waals surface area contributed by atoms with Gasteiger partial charge >= 0.3 is 0 Å². The molecule has 0 bridgehead atoms. The number of carbonyl (C=O) groups is 2. The first-order chi connectivity index (χ1) is 48.6. The van der Waals surface area contributed by atoms with E-state index in [0.717, 1.165) is 13.8 Å². The number of hydrogen-bond donors (Lipinski definition) is 26. The lowest BCUT2D eigenvalue weighted by atomic mass is 9.93. The van der Waals surface area contributed by atoms with Crippen LogP contribution in [0.1, 0.15) is 34.6 Å². The molecule has 0 unspecified atom stereocenters. The van der Waals surface area contributed by atoms with Gasteiger partial charge in [0.1, 0.15) is 201 Å². The zero-order valence-electron chi connectivity index (χ0n) is 55.7. The van der Waals surface area contributed by atoms with Crippen LogP contribution in [0.4, 0.5) is 0 Å². The Bertz CT molecular complexity index is 2660. The predicted molar refractivity (Wildman–Crippen MR) is 316 cm³/mol. The fourth-order valence-electron chi connectivity index (χ4n) is 13.5. The van der Waals surface area contributed by atoms with Crippen LogP contribution < -0.4 is 10.6 Å². The van der Waals surface area contributed by atoms with Crippen molar-refractivity contribution >= 4 is 11.8 Å². The van der Waals surface area contributed by atoms with Gasteiger partial charge in [-0.1, -0.05) is 0 Å². The molecule has 45 nitrogen and oxygen atoms in total. The minimum Gasteiger partial charge on any atom is -0.394 e. The number of ether oxygens (including phenoxy) is 17. The van der Waals surface area contributed by atoms with Gasteiger partial charge in [0, 0.05) is 13.8 Å². The van der Waals surface area contributed by atoms with Gasteiger partial charge in [-0.25, -0.2) is 0 Å². The molecule has 0 saturated carbocycles. The number of aliphatic hydroxyl groups is 24. The third-order valence-electron chi connectivity index (χ3n) is 19.4. The number of amides is 2. The summed E-state index contributed by atoms with van der Waals surface area (Å²) in [7, 11) is 0. The Kier molecular flexibility index (Phi) is 29.5. The monoisotopic (exact) mass is 1510 g/mol. The van der Waals surface area contributed by atoms with Crippen molar-refractivity contribution in [2.24, 2.45) is 0 Å². The van der Waals surface area contributed by atoms with Crippen molar-refractivity contribution in [1.29, 1.82) is 0 Å². The summed E-state index contributed by atoms with van der Waals surface area (Å²) in [5.74, 6) is -1.95. The Morgan fingerprint density at radius 2 is 0.583 bits per heavy atom. The average molecular weight is 1510 g/mol. The molecule has 0 aromatic heterocycles. The van der Waals surface area contributed by atoms with Crippen molar-refractivity contribution in [3.05, 3.63) is 0 Å². The van der Waals surface area contributed by atoms with Gasteiger partial charge in [0.05, 0.1) is 58.0 Å². The van der Waals surface area contributed by atoms with Crippen molar-refractivity contribution in [2.45, 2.75) is 311 Å². The van der Waals surface area contributed by atoms with E-state index in [1.165, 1.54) is 20.8 Å². The molecule has 45 heteroatoms. The normalized spacial score (nSPS) is 52.3.